The van der Waals surface area contributed by atoms with Crippen molar-refractivity contribution in [2.24, 2.45) is 0 Å². The molecule has 0 saturated carbocycles. The molecule has 1 heteroatoms. The van der Waals surface area contributed by atoms with Crippen LogP contribution in [0.1, 0.15) is 40.3 Å². The molecule has 2 aromatic carbocycles. The van der Waals surface area contributed by atoms with Crippen molar-refractivity contribution in [1.29, 1.82) is 0 Å². The summed E-state index contributed by atoms with van der Waals surface area (Å²) in [4.78, 5) is 0. The maximum absolute atomic E-state index is 10.3. The number of aryl methyl sites for hydroxylation is 4. The number of hydrogen-bond donors (Lipinski definition) is 1. The van der Waals surface area contributed by atoms with Gasteiger partial charge in [0.05, 0.1) is 6.10 Å². The molecule has 1 nitrogen and oxygen atoms in total. The maximum atomic E-state index is 10.3. The topological polar surface area (TPSA) is 20.2 Å². The van der Waals surface area contributed by atoms with Crippen LogP contribution in [0, 0.1) is 20.8 Å². The van der Waals surface area contributed by atoms with Gasteiger partial charge in [0.15, 0.2) is 0 Å². The van der Waals surface area contributed by atoms with Crippen molar-refractivity contribution in [2.45, 2.75) is 39.7 Å². The molecule has 0 saturated heterocycles. The van der Waals surface area contributed by atoms with Crippen molar-refractivity contribution in [3.8, 4) is 0 Å². The summed E-state index contributed by atoms with van der Waals surface area (Å²) in [5.74, 6) is 0. The Hall–Kier alpha value is -1.60. The van der Waals surface area contributed by atoms with Gasteiger partial charge in [-0.3, -0.25) is 0 Å². The lowest BCUT2D eigenvalue weighted by atomic mass is 9.98. The first-order chi connectivity index (χ1) is 9.06. The molecule has 0 aliphatic rings. The molecule has 1 N–H and O–H groups in total. The Morgan fingerprint density at radius 3 is 2.42 bits per heavy atom. The molecule has 19 heavy (non-hydrogen) atoms. The van der Waals surface area contributed by atoms with Gasteiger partial charge in [-0.1, -0.05) is 48.0 Å². The second kappa shape index (κ2) is 6.03. The fourth-order valence-corrected chi connectivity index (χ4v) is 2.31. The van der Waals surface area contributed by atoms with Crippen molar-refractivity contribution < 1.29 is 5.11 Å². The van der Waals surface area contributed by atoms with E-state index in [4.69, 9.17) is 0 Å². The Kier molecular flexibility index (Phi) is 4.39. The second-order valence-corrected chi connectivity index (χ2v) is 5.39. The van der Waals surface area contributed by atoms with Crippen molar-refractivity contribution >= 4 is 0 Å². The zero-order valence-electron chi connectivity index (χ0n) is 12.0. The fraction of sp³-hybridized carbons (Fsp3) is 0.333. The molecule has 1 atom stereocenters. The minimum Gasteiger partial charge on any atom is -0.388 e. The third-order valence-corrected chi connectivity index (χ3v) is 3.70. The highest BCUT2D eigenvalue weighted by Gasteiger charge is 2.08. The van der Waals surface area contributed by atoms with E-state index in [1.54, 1.807) is 0 Å². The van der Waals surface area contributed by atoms with Gasteiger partial charge in [-0.05, 0) is 55.9 Å². The molecule has 0 aliphatic carbocycles. The van der Waals surface area contributed by atoms with Gasteiger partial charge in [0.1, 0.15) is 0 Å². The smallest absolute Gasteiger partial charge is 0.0793 e. The van der Waals surface area contributed by atoms with Gasteiger partial charge in [-0.2, -0.15) is 0 Å². The monoisotopic (exact) mass is 254 g/mol. The highest BCUT2D eigenvalue weighted by molar-refractivity contribution is 5.31. The second-order valence-electron chi connectivity index (χ2n) is 5.39. The van der Waals surface area contributed by atoms with Crippen LogP contribution in [0.3, 0.4) is 0 Å². The summed E-state index contributed by atoms with van der Waals surface area (Å²) in [5.41, 5.74) is 6.11. The predicted molar refractivity (Wildman–Crippen MR) is 80.4 cm³/mol. The predicted octanol–water partition coefficient (Wildman–Crippen LogP) is 4.28. The number of aliphatic hydroxyl groups is 1. The number of rotatable bonds is 4. The summed E-state index contributed by atoms with van der Waals surface area (Å²) in [6, 6.07) is 14.7. The van der Waals surface area contributed by atoms with E-state index in [-0.39, 0.29) is 6.10 Å². The molecular formula is C18H22O. The molecule has 2 rings (SSSR count). The van der Waals surface area contributed by atoms with Crippen molar-refractivity contribution in [2.75, 3.05) is 0 Å². The molecule has 0 fully saturated rings. The molecule has 0 aromatic heterocycles. The Morgan fingerprint density at radius 2 is 1.74 bits per heavy atom. The van der Waals surface area contributed by atoms with E-state index in [0.29, 0.717) is 0 Å². The van der Waals surface area contributed by atoms with E-state index in [1.807, 2.05) is 6.07 Å². The zero-order chi connectivity index (χ0) is 13.8. The van der Waals surface area contributed by atoms with Gasteiger partial charge in [0.25, 0.3) is 0 Å². The minimum absolute atomic E-state index is 0.375. The van der Waals surface area contributed by atoms with Gasteiger partial charge < -0.3 is 5.11 Å². The van der Waals surface area contributed by atoms with E-state index in [9.17, 15) is 5.11 Å². The van der Waals surface area contributed by atoms with E-state index >= 15 is 0 Å². The maximum Gasteiger partial charge on any atom is 0.0793 e. The van der Waals surface area contributed by atoms with Gasteiger partial charge >= 0.3 is 0 Å². The fourth-order valence-electron chi connectivity index (χ4n) is 2.31. The minimum atomic E-state index is -0.375. The summed E-state index contributed by atoms with van der Waals surface area (Å²) in [7, 11) is 0. The molecule has 100 valence electrons. The number of aliphatic hydroxyl groups excluding tert-OH is 1. The Balaban J connectivity index is 2.01. The highest BCUT2D eigenvalue weighted by Crippen LogP contribution is 2.21. The van der Waals surface area contributed by atoms with Crippen LogP contribution in [0.2, 0.25) is 0 Å². The summed E-state index contributed by atoms with van der Waals surface area (Å²) in [6.45, 7) is 6.29. The van der Waals surface area contributed by atoms with Crippen molar-refractivity contribution in [3.63, 3.8) is 0 Å². The first kappa shape index (κ1) is 13.8. The molecule has 0 spiro atoms. The van der Waals surface area contributed by atoms with E-state index < -0.39 is 0 Å². The first-order valence-corrected chi connectivity index (χ1v) is 6.87. The van der Waals surface area contributed by atoms with E-state index in [1.165, 1.54) is 22.3 Å². The van der Waals surface area contributed by atoms with Gasteiger partial charge in [-0.15, -0.1) is 0 Å². The van der Waals surface area contributed by atoms with Crippen LogP contribution in [-0.2, 0) is 6.42 Å². The molecule has 0 amide bonds. The third kappa shape index (κ3) is 3.68. The molecule has 1 unspecified atom stereocenters. The van der Waals surface area contributed by atoms with Crippen LogP contribution in [0.5, 0.6) is 0 Å². The number of hydrogen-bond acceptors (Lipinski definition) is 1. The first-order valence-electron chi connectivity index (χ1n) is 6.87. The Morgan fingerprint density at radius 1 is 0.947 bits per heavy atom. The SMILES string of the molecule is Cc1cccc(CCC(O)c2ccc(C)c(C)c2)c1. The average Bonchev–Trinajstić information content (AvgIpc) is 2.39. The lowest BCUT2D eigenvalue weighted by Crippen LogP contribution is -2.00. The quantitative estimate of drug-likeness (QED) is 0.863. The zero-order valence-corrected chi connectivity index (χ0v) is 12.0. The summed E-state index contributed by atoms with van der Waals surface area (Å²) in [6.07, 6.45) is 1.31. The summed E-state index contributed by atoms with van der Waals surface area (Å²) < 4.78 is 0. The summed E-state index contributed by atoms with van der Waals surface area (Å²) >= 11 is 0. The van der Waals surface area contributed by atoms with Gasteiger partial charge in [-0.25, -0.2) is 0 Å². The number of benzene rings is 2. The van der Waals surface area contributed by atoms with Crippen molar-refractivity contribution in [3.05, 3.63) is 70.3 Å². The van der Waals surface area contributed by atoms with Crippen LogP contribution >= 0.6 is 0 Å². The molecular weight excluding hydrogens is 232 g/mol. The third-order valence-electron chi connectivity index (χ3n) is 3.70. The van der Waals surface area contributed by atoms with Crippen LogP contribution in [-0.4, -0.2) is 5.11 Å². The van der Waals surface area contributed by atoms with Crippen LogP contribution < -0.4 is 0 Å². The molecule has 0 radical (unpaired) electrons. The van der Waals surface area contributed by atoms with Gasteiger partial charge in [0, 0.05) is 0 Å². The molecule has 2 aromatic rings. The molecule has 0 bridgehead atoms. The van der Waals surface area contributed by atoms with E-state index in [0.717, 1.165) is 18.4 Å². The molecule has 0 heterocycles. The van der Waals surface area contributed by atoms with Gasteiger partial charge in [0.2, 0.25) is 0 Å². The lowest BCUT2D eigenvalue weighted by molar-refractivity contribution is 0.168. The Labute approximate surface area is 115 Å². The molecule has 0 aliphatic heterocycles. The highest BCUT2D eigenvalue weighted by atomic mass is 16.3. The standard InChI is InChI=1S/C18H22O/c1-13-5-4-6-16(11-13)8-10-18(19)17-9-7-14(2)15(3)12-17/h4-7,9,11-12,18-19H,8,10H2,1-3H3. The van der Waals surface area contributed by atoms with E-state index in [2.05, 4.69) is 57.2 Å². The lowest BCUT2D eigenvalue weighted by Gasteiger charge is -2.13. The average molecular weight is 254 g/mol. The van der Waals surface area contributed by atoms with Crippen molar-refractivity contribution in [1.82, 2.24) is 0 Å². The van der Waals surface area contributed by atoms with Crippen LogP contribution in [0.15, 0.2) is 42.5 Å². The van der Waals surface area contributed by atoms with Crippen LogP contribution in [0.4, 0.5) is 0 Å². The van der Waals surface area contributed by atoms with Crippen LogP contribution in [0.25, 0.3) is 0 Å². The summed E-state index contributed by atoms with van der Waals surface area (Å²) in [5, 5.41) is 10.3. The largest absolute Gasteiger partial charge is 0.388 e. The normalized spacial score (nSPS) is 12.4. The Bertz CT molecular complexity index is 557.